The zero-order valence-electron chi connectivity index (χ0n) is 7.75. The summed E-state index contributed by atoms with van der Waals surface area (Å²) in [5, 5.41) is 0. The van der Waals surface area contributed by atoms with E-state index in [0.717, 1.165) is 5.92 Å². The first-order valence-electron chi connectivity index (χ1n) is 4.57. The molecule has 0 unspecified atom stereocenters. The molecule has 1 aliphatic rings. The van der Waals surface area contributed by atoms with Crippen molar-refractivity contribution < 1.29 is 9.53 Å². The molecule has 0 aromatic rings. The minimum Gasteiger partial charge on any atom is -0.463 e. The summed E-state index contributed by atoms with van der Waals surface area (Å²) in [6, 6.07) is 0. The van der Waals surface area contributed by atoms with Gasteiger partial charge in [-0.1, -0.05) is 13.0 Å². The Kier molecular flexibility index (Phi) is 3.32. The average molecular weight is 168 g/mol. The van der Waals surface area contributed by atoms with E-state index >= 15 is 0 Å². The van der Waals surface area contributed by atoms with E-state index in [0.29, 0.717) is 12.5 Å². The smallest absolute Gasteiger partial charge is 0.330 e. The van der Waals surface area contributed by atoms with Crippen molar-refractivity contribution in [2.24, 2.45) is 11.8 Å². The lowest BCUT2D eigenvalue weighted by Gasteiger charge is -2.29. The van der Waals surface area contributed by atoms with Crippen LogP contribution in [0.1, 0.15) is 26.7 Å². The van der Waals surface area contributed by atoms with Crippen LogP contribution >= 0.6 is 0 Å². The molecule has 68 valence electrons. The molecule has 1 rings (SSSR count). The molecule has 2 nitrogen and oxygen atoms in total. The lowest BCUT2D eigenvalue weighted by Crippen LogP contribution is -2.19. The molecule has 0 spiro atoms. The van der Waals surface area contributed by atoms with Gasteiger partial charge in [-0.15, -0.1) is 0 Å². The van der Waals surface area contributed by atoms with Gasteiger partial charge < -0.3 is 4.74 Å². The van der Waals surface area contributed by atoms with Gasteiger partial charge in [0.25, 0.3) is 0 Å². The van der Waals surface area contributed by atoms with E-state index in [-0.39, 0.29) is 5.97 Å². The van der Waals surface area contributed by atoms with Gasteiger partial charge in [0.2, 0.25) is 0 Å². The van der Waals surface area contributed by atoms with Gasteiger partial charge in [0.15, 0.2) is 0 Å². The standard InChI is InChI=1S/C10H16O2/c1-3-12-10(11)5-4-9-6-8(2)7-9/h4-5,8-9H,3,6-7H2,1-2H3/b5-4+/t8-,9+. The van der Waals surface area contributed by atoms with E-state index < -0.39 is 0 Å². The number of hydrogen-bond donors (Lipinski definition) is 0. The third-order valence-corrected chi connectivity index (χ3v) is 2.20. The van der Waals surface area contributed by atoms with Crippen LogP contribution in [0.15, 0.2) is 12.2 Å². The number of rotatable bonds is 3. The molecule has 0 radical (unpaired) electrons. The predicted octanol–water partition coefficient (Wildman–Crippen LogP) is 2.15. The third-order valence-electron chi connectivity index (χ3n) is 2.20. The largest absolute Gasteiger partial charge is 0.463 e. The van der Waals surface area contributed by atoms with Gasteiger partial charge in [-0.05, 0) is 31.6 Å². The second-order valence-electron chi connectivity index (χ2n) is 3.45. The van der Waals surface area contributed by atoms with Crippen molar-refractivity contribution in [3.63, 3.8) is 0 Å². The lowest BCUT2D eigenvalue weighted by atomic mass is 9.76. The zero-order chi connectivity index (χ0) is 8.97. The van der Waals surface area contributed by atoms with E-state index in [2.05, 4.69) is 6.92 Å². The van der Waals surface area contributed by atoms with Crippen LogP contribution in [0.25, 0.3) is 0 Å². The fourth-order valence-corrected chi connectivity index (χ4v) is 1.53. The van der Waals surface area contributed by atoms with Crippen molar-refractivity contribution >= 4 is 5.97 Å². The molecule has 0 aromatic heterocycles. The van der Waals surface area contributed by atoms with Crippen LogP contribution in [-0.4, -0.2) is 12.6 Å². The zero-order valence-corrected chi connectivity index (χ0v) is 7.75. The van der Waals surface area contributed by atoms with Gasteiger partial charge in [-0.25, -0.2) is 4.79 Å². The van der Waals surface area contributed by atoms with E-state index in [9.17, 15) is 4.79 Å². The maximum absolute atomic E-state index is 10.9. The van der Waals surface area contributed by atoms with Gasteiger partial charge in [0, 0.05) is 6.08 Å². The third kappa shape index (κ3) is 2.68. The molecule has 1 fully saturated rings. The summed E-state index contributed by atoms with van der Waals surface area (Å²) >= 11 is 0. The number of hydrogen-bond acceptors (Lipinski definition) is 2. The molecule has 0 heterocycles. The maximum Gasteiger partial charge on any atom is 0.330 e. The number of carbonyl (C=O) groups excluding carboxylic acids is 1. The highest BCUT2D eigenvalue weighted by Gasteiger charge is 2.22. The van der Waals surface area contributed by atoms with Gasteiger partial charge >= 0.3 is 5.97 Å². The van der Waals surface area contributed by atoms with E-state index in [1.165, 1.54) is 12.8 Å². The molecular formula is C10H16O2. The Morgan fingerprint density at radius 3 is 2.75 bits per heavy atom. The van der Waals surface area contributed by atoms with Crippen LogP contribution in [-0.2, 0) is 9.53 Å². The molecule has 1 aliphatic carbocycles. The molecule has 0 aliphatic heterocycles. The SMILES string of the molecule is CCOC(=O)/C=C/[C@H]1C[C@@H](C)C1. The van der Waals surface area contributed by atoms with Crippen LogP contribution in [0.3, 0.4) is 0 Å². The summed E-state index contributed by atoms with van der Waals surface area (Å²) in [6.45, 7) is 4.51. The Morgan fingerprint density at radius 1 is 1.58 bits per heavy atom. The van der Waals surface area contributed by atoms with Crippen molar-refractivity contribution in [2.75, 3.05) is 6.61 Å². The van der Waals surface area contributed by atoms with E-state index in [1.54, 1.807) is 6.08 Å². The molecular weight excluding hydrogens is 152 g/mol. The molecule has 2 heteroatoms. The quantitative estimate of drug-likeness (QED) is 0.477. The fraction of sp³-hybridized carbons (Fsp3) is 0.700. The van der Waals surface area contributed by atoms with Crippen molar-refractivity contribution in [3.05, 3.63) is 12.2 Å². The Morgan fingerprint density at radius 2 is 2.25 bits per heavy atom. The normalized spacial score (nSPS) is 28.5. The van der Waals surface area contributed by atoms with Gasteiger partial charge in [-0.2, -0.15) is 0 Å². The first kappa shape index (κ1) is 9.30. The Hall–Kier alpha value is -0.790. The minimum atomic E-state index is -0.211. The first-order chi connectivity index (χ1) is 5.72. The topological polar surface area (TPSA) is 26.3 Å². The maximum atomic E-state index is 10.9. The fourth-order valence-electron chi connectivity index (χ4n) is 1.53. The summed E-state index contributed by atoms with van der Waals surface area (Å²) in [7, 11) is 0. The average Bonchev–Trinajstić information content (AvgIpc) is 1.96. The highest BCUT2D eigenvalue weighted by atomic mass is 16.5. The molecule has 1 saturated carbocycles. The molecule has 0 atom stereocenters. The van der Waals surface area contributed by atoms with Gasteiger partial charge in [-0.3, -0.25) is 0 Å². The number of esters is 1. The predicted molar refractivity (Wildman–Crippen MR) is 47.7 cm³/mol. The molecule has 0 bridgehead atoms. The summed E-state index contributed by atoms with van der Waals surface area (Å²) < 4.78 is 4.76. The van der Waals surface area contributed by atoms with Gasteiger partial charge in [0.05, 0.1) is 6.61 Å². The highest BCUT2D eigenvalue weighted by Crippen LogP contribution is 2.33. The summed E-state index contributed by atoms with van der Waals surface area (Å²) in [5.74, 6) is 1.24. The minimum absolute atomic E-state index is 0.211. The molecule has 0 aromatic carbocycles. The second-order valence-corrected chi connectivity index (χ2v) is 3.45. The van der Waals surface area contributed by atoms with Crippen molar-refractivity contribution in [1.82, 2.24) is 0 Å². The Bertz CT molecular complexity index is 178. The second kappa shape index (κ2) is 4.29. The van der Waals surface area contributed by atoms with Crippen LogP contribution < -0.4 is 0 Å². The lowest BCUT2D eigenvalue weighted by molar-refractivity contribution is -0.137. The van der Waals surface area contributed by atoms with Crippen molar-refractivity contribution in [3.8, 4) is 0 Å². The molecule has 12 heavy (non-hydrogen) atoms. The van der Waals surface area contributed by atoms with Crippen LogP contribution in [0.4, 0.5) is 0 Å². The summed E-state index contributed by atoms with van der Waals surface area (Å²) in [4.78, 5) is 10.9. The van der Waals surface area contributed by atoms with Crippen LogP contribution in [0, 0.1) is 11.8 Å². The Labute approximate surface area is 73.6 Å². The molecule has 0 amide bonds. The highest BCUT2D eigenvalue weighted by molar-refractivity contribution is 5.81. The van der Waals surface area contributed by atoms with Gasteiger partial charge in [0.1, 0.15) is 0 Å². The van der Waals surface area contributed by atoms with E-state index in [4.69, 9.17) is 4.74 Å². The van der Waals surface area contributed by atoms with Crippen LogP contribution in [0.2, 0.25) is 0 Å². The number of carbonyl (C=O) groups is 1. The molecule has 0 saturated heterocycles. The van der Waals surface area contributed by atoms with Crippen molar-refractivity contribution in [2.45, 2.75) is 26.7 Å². The molecule has 0 N–H and O–H groups in total. The van der Waals surface area contributed by atoms with E-state index in [1.807, 2.05) is 13.0 Å². The summed E-state index contributed by atoms with van der Waals surface area (Å²) in [6.07, 6.45) is 5.96. The Balaban J connectivity index is 2.17. The summed E-state index contributed by atoms with van der Waals surface area (Å²) in [5.41, 5.74) is 0. The number of ether oxygens (including phenoxy) is 1. The first-order valence-corrected chi connectivity index (χ1v) is 4.57. The van der Waals surface area contributed by atoms with Crippen molar-refractivity contribution in [1.29, 1.82) is 0 Å². The number of allylic oxidation sites excluding steroid dienone is 1. The van der Waals surface area contributed by atoms with Crippen LogP contribution in [0.5, 0.6) is 0 Å². The monoisotopic (exact) mass is 168 g/mol.